The van der Waals surface area contributed by atoms with E-state index in [2.05, 4.69) is 42.0 Å². The normalized spacial score (nSPS) is 21.6. The standard InChI is InChI=1S/C36H39BrN2O7/c1-7-45-31(42)35(32(43)46-8-2)22-34(30(41)44-6,25-13-10-9-11-14-25)36(38-35)26-15-12-16-27(37)28(26)39(29(36)40)21-23-17-19-24(20-18-23)33(3,4)5/h9-20,38H,7-8,21-22H2,1-6H3/t34-,36+/m1/s1. The molecule has 0 saturated carbocycles. The van der Waals surface area contributed by atoms with Gasteiger partial charge in [-0.25, -0.2) is 9.59 Å². The van der Waals surface area contributed by atoms with E-state index < -0.39 is 46.7 Å². The molecule has 1 saturated heterocycles. The maximum absolute atomic E-state index is 15.4. The first-order valence-electron chi connectivity index (χ1n) is 15.3. The minimum Gasteiger partial charge on any atom is -0.468 e. The highest BCUT2D eigenvalue weighted by atomic mass is 79.9. The molecule has 2 aliphatic heterocycles. The molecule has 9 nitrogen and oxygen atoms in total. The summed E-state index contributed by atoms with van der Waals surface area (Å²) < 4.78 is 17.0. The quantitative estimate of drug-likeness (QED) is 0.189. The zero-order valence-corrected chi connectivity index (χ0v) is 28.5. The lowest BCUT2D eigenvalue weighted by atomic mass is 9.62. The summed E-state index contributed by atoms with van der Waals surface area (Å²) in [5.74, 6) is -3.22. The van der Waals surface area contributed by atoms with Gasteiger partial charge in [-0.15, -0.1) is 0 Å². The second kappa shape index (κ2) is 12.3. The first kappa shape index (κ1) is 33.3. The van der Waals surface area contributed by atoms with E-state index in [1.54, 1.807) is 61.2 Å². The number of methoxy groups -OCH3 is 1. The van der Waals surface area contributed by atoms with Crippen LogP contribution in [0.2, 0.25) is 0 Å². The fourth-order valence-corrected chi connectivity index (χ4v) is 7.47. The highest BCUT2D eigenvalue weighted by Crippen LogP contribution is 2.61. The van der Waals surface area contributed by atoms with Gasteiger partial charge in [-0.2, -0.15) is 0 Å². The highest BCUT2D eigenvalue weighted by Gasteiger charge is 2.79. The van der Waals surface area contributed by atoms with Crippen LogP contribution in [-0.4, -0.2) is 49.7 Å². The monoisotopic (exact) mass is 690 g/mol. The first-order chi connectivity index (χ1) is 21.8. The molecule has 2 atom stereocenters. The molecule has 242 valence electrons. The van der Waals surface area contributed by atoms with Crippen LogP contribution in [-0.2, 0) is 56.3 Å². The van der Waals surface area contributed by atoms with Crippen molar-refractivity contribution < 1.29 is 33.4 Å². The molecule has 3 aromatic carbocycles. The number of nitrogens with one attached hydrogen (secondary N) is 1. The minimum atomic E-state index is -2.23. The molecule has 2 heterocycles. The van der Waals surface area contributed by atoms with Crippen LogP contribution in [0.25, 0.3) is 0 Å². The van der Waals surface area contributed by atoms with Crippen LogP contribution < -0.4 is 10.2 Å². The van der Waals surface area contributed by atoms with Crippen molar-refractivity contribution in [3.05, 3.63) is 99.5 Å². The van der Waals surface area contributed by atoms with Crippen LogP contribution in [0.5, 0.6) is 0 Å². The Morgan fingerprint density at radius 2 is 1.48 bits per heavy atom. The van der Waals surface area contributed by atoms with E-state index in [9.17, 15) is 14.4 Å². The van der Waals surface area contributed by atoms with Gasteiger partial charge in [-0.05, 0) is 57.9 Å². The third-order valence-electron chi connectivity index (χ3n) is 9.01. The lowest BCUT2D eigenvalue weighted by Gasteiger charge is -2.40. The maximum atomic E-state index is 15.4. The highest BCUT2D eigenvalue weighted by molar-refractivity contribution is 9.10. The topological polar surface area (TPSA) is 111 Å². The number of hydrogen-bond donors (Lipinski definition) is 1. The number of carbonyl (C=O) groups excluding carboxylic acids is 4. The first-order valence-corrected chi connectivity index (χ1v) is 16.1. The summed E-state index contributed by atoms with van der Waals surface area (Å²) in [6.45, 7) is 9.69. The SMILES string of the molecule is CCOC(=O)C1(C(=O)OCC)C[C@](C(=O)OC)(c2ccccc2)[C@@]2(N1)C(=O)N(Cc1ccc(C(C)(C)C)cc1)c1c(Br)cccc12. The molecule has 0 aromatic heterocycles. The zero-order valence-electron chi connectivity index (χ0n) is 26.9. The van der Waals surface area contributed by atoms with Crippen molar-refractivity contribution in [2.24, 2.45) is 0 Å². The number of fused-ring (bicyclic) bond motifs is 2. The lowest BCUT2D eigenvalue weighted by Crippen LogP contribution is -2.65. The molecule has 0 unspecified atom stereocenters. The van der Waals surface area contributed by atoms with Crippen LogP contribution in [0.15, 0.2) is 77.3 Å². The van der Waals surface area contributed by atoms with Gasteiger partial charge in [0.2, 0.25) is 5.54 Å². The van der Waals surface area contributed by atoms with E-state index in [1.807, 2.05) is 30.3 Å². The molecule has 0 bridgehead atoms. The molecule has 1 fully saturated rings. The van der Waals surface area contributed by atoms with Gasteiger partial charge in [-0.3, -0.25) is 14.9 Å². The van der Waals surface area contributed by atoms with Crippen molar-refractivity contribution in [2.75, 3.05) is 25.2 Å². The average molecular weight is 692 g/mol. The summed E-state index contributed by atoms with van der Waals surface area (Å²) >= 11 is 3.66. The predicted octanol–water partition coefficient (Wildman–Crippen LogP) is 5.46. The Kier molecular flexibility index (Phi) is 8.92. The molecule has 1 amide bonds. The predicted molar refractivity (Wildman–Crippen MR) is 176 cm³/mol. The van der Waals surface area contributed by atoms with E-state index >= 15 is 4.79 Å². The Morgan fingerprint density at radius 3 is 2.02 bits per heavy atom. The number of anilines is 1. The number of esters is 3. The summed E-state index contributed by atoms with van der Waals surface area (Å²) in [6, 6.07) is 22.0. The molecule has 46 heavy (non-hydrogen) atoms. The van der Waals surface area contributed by atoms with Gasteiger partial charge >= 0.3 is 17.9 Å². The Hall–Kier alpha value is -4.02. The number of rotatable bonds is 8. The molecule has 2 aliphatic rings. The molecule has 10 heteroatoms. The summed E-state index contributed by atoms with van der Waals surface area (Å²) in [5.41, 5.74) is -2.88. The third-order valence-corrected chi connectivity index (χ3v) is 9.65. The summed E-state index contributed by atoms with van der Waals surface area (Å²) in [7, 11) is 1.23. The fourth-order valence-electron chi connectivity index (χ4n) is 6.89. The van der Waals surface area contributed by atoms with Crippen LogP contribution in [0, 0.1) is 0 Å². The largest absolute Gasteiger partial charge is 0.468 e. The number of halogens is 1. The number of amides is 1. The number of carbonyl (C=O) groups is 4. The Balaban J connectivity index is 1.82. The van der Waals surface area contributed by atoms with E-state index in [0.29, 0.717) is 21.3 Å². The van der Waals surface area contributed by atoms with Crippen LogP contribution in [0.1, 0.15) is 63.3 Å². The molecular formula is C36H39BrN2O7. The zero-order chi connectivity index (χ0) is 33.5. The number of para-hydroxylation sites is 1. The molecular weight excluding hydrogens is 652 g/mol. The molecule has 3 aromatic rings. The lowest BCUT2D eigenvalue weighted by molar-refractivity contribution is -0.166. The Labute approximate surface area is 277 Å². The van der Waals surface area contributed by atoms with Gasteiger partial charge < -0.3 is 19.1 Å². The van der Waals surface area contributed by atoms with Gasteiger partial charge in [-0.1, -0.05) is 87.5 Å². The summed E-state index contributed by atoms with van der Waals surface area (Å²) in [5, 5.41) is 3.17. The van der Waals surface area contributed by atoms with Crippen molar-refractivity contribution in [3.8, 4) is 0 Å². The summed E-state index contributed by atoms with van der Waals surface area (Å²) in [4.78, 5) is 59.3. The van der Waals surface area contributed by atoms with Crippen molar-refractivity contribution in [1.29, 1.82) is 0 Å². The molecule has 0 radical (unpaired) electrons. The number of benzene rings is 3. The maximum Gasteiger partial charge on any atom is 0.338 e. The second-order valence-electron chi connectivity index (χ2n) is 12.6. The number of ether oxygens (including phenoxy) is 3. The average Bonchev–Trinajstić information content (AvgIpc) is 3.50. The number of hydrogen-bond acceptors (Lipinski definition) is 8. The molecule has 0 aliphatic carbocycles. The van der Waals surface area contributed by atoms with Crippen LogP contribution >= 0.6 is 15.9 Å². The van der Waals surface area contributed by atoms with E-state index in [0.717, 1.165) is 11.1 Å². The van der Waals surface area contributed by atoms with Gasteiger partial charge in [0.15, 0.2) is 0 Å². The van der Waals surface area contributed by atoms with Gasteiger partial charge in [0, 0.05) is 16.5 Å². The molecule has 1 N–H and O–H groups in total. The van der Waals surface area contributed by atoms with Crippen LogP contribution in [0.3, 0.4) is 0 Å². The Bertz CT molecular complexity index is 1650. The second-order valence-corrected chi connectivity index (χ2v) is 13.5. The van der Waals surface area contributed by atoms with Crippen LogP contribution in [0.4, 0.5) is 5.69 Å². The van der Waals surface area contributed by atoms with E-state index in [4.69, 9.17) is 14.2 Å². The Morgan fingerprint density at radius 1 is 0.870 bits per heavy atom. The van der Waals surface area contributed by atoms with E-state index in [-0.39, 0.29) is 25.2 Å². The van der Waals surface area contributed by atoms with E-state index in [1.165, 1.54) is 7.11 Å². The van der Waals surface area contributed by atoms with Gasteiger partial charge in [0.1, 0.15) is 11.0 Å². The molecule has 5 rings (SSSR count). The van der Waals surface area contributed by atoms with Gasteiger partial charge in [0.05, 0.1) is 32.6 Å². The number of nitrogens with zero attached hydrogens (tertiary/aromatic N) is 1. The van der Waals surface area contributed by atoms with Crippen molar-refractivity contribution in [3.63, 3.8) is 0 Å². The fraction of sp³-hybridized carbons (Fsp3) is 0.389. The van der Waals surface area contributed by atoms with Crippen molar-refractivity contribution in [1.82, 2.24) is 5.32 Å². The van der Waals surface area contributed by atoms with Gasteiger partial charge in [0.25, 0.3) is 5.91 Å². The third kappa shape index (κ3) is 4.93. The minimum absolute atomic E-state index is 0.0437. The van der Waals surface area contributed by atoms with Crippen molar-refractivity contribution in [2.45, 2.75) is 69.5 Å². The molecule has 1 spiro atoms. The summed E-state index contributed by atoms with van der Waals surface area (Å²) in [6.07, 6.45) is -0.486. The smallest absolute Gasteiger partial charge is 0.338 e. The van der Waals surface area contributed by atoms with Crippen molar-refractivity contribution >= 4 is 45.4 Å².